The third-order valence-corrected chi connectivity index (χ3v) is 3.17. The lowest BCUT2D eigenvalue weighted by Gasteiger charge is -2.10. The van der Waals surface area contributed by atoms with Crippen LogP contribution in [0.4, 0.5) is 0 Å². The summed E-state index contributed by atoms with van der Waals surface area (Å²) in [5.41, 5.74) is 1.12. The molecule has 0 amide bonds. The SMILES string of the molecule is [CH]=C[P@](=O)(CC=C(C)C)OCC. The average molecular weight is 187 g/mol. The van der Waals surface area contributed by atoms with E-state index >= 15 is 0 Å². The molecule has 0 fully saturated rings. The van der Waals surface area contributed by atoms with E-state index in [9.17, 15) is 4.57 Å². The highest BCUT2D eigenvalue weighted by molar-refractivity contribution is 7.62. The van der Waals surface area contributed by atoms with Crippen LogP contribution >= 0.6 is 7.37 Å². The second-order valence-electron chi connectivity index (χ2n) is 2.76. The van der Waals surface area contributed by atoms with Gasteiger partial charge in [0.15, 0.2) is 0 Å². The largest absolute Gasteiger partial charge is 0.326 e. The molecule has 1 radical (unpaired) electrons. The summed E-state index contributed by atoms with van der Waals surface area (Å²) in [5, 5.41) is 0. The van der Waals surface area contributed by atoms with Crippen molar-refractivity contribution in [2.24, 2.45) is 0 Å². The normalized spacial score (nSPS) is 14.9. The van der Waals surface area contributed by atoms with Crippen molar-refractivity contribution in [3.05, 3.63) is 24.0 Å². The van der Waals surface area contributed by atoms with Crippen molar-refractivity contribution in [3.63, 3.8) is 0 Å². The van der Waals surface area contributed by atoms with Crippen LogP contribution in [-0.4, -0.2) is 12.8 Å². The van der Waals surface area contributed by atoms with Crippen LogP contribution in [0.2, 0.25) is 0 Å². The molecule has 12 heavy (non-hydrogen) atoms. The van der Waals surface area contributed by atoms with E-state index in [-0.39, 0.29) is 0 Å². The van der Waals surface area contributed by atoms with Crippen LogP contribution in [0.15, 0.2) is 17.5 Å². The van der Waals surface area contributed by atoms with E-state index in [0.29, 0.717) is 12.8 Å². The van der Waals surface area contributed by atoms with Crippen molar-refractivity contribution in [2.45, 2.75) is 20.8 Å². The van der Waals surface area contributed by atoms with Crippen LogP contribution in [0.3, 0.4) is 0 Å². The second-order valence-corrected chi connectivity index (χ2v) is 5.13. The molecule has 0 N–H and O–H groups in total. The summed E-state index contributed by atoms with van der Waals surface area (Å²) < 4.78 is 16.7. The van der Waals surface area contributed by atoms with Gasteiger partial charge in [0.25, 0.3) is 0 Å². The molecule has 2 nitrogen and oxygen atoms in total. The van der Waals surface area contributed by atoms with Crippen molar-refractivity contribution < 1.29 is 9.09 Å². The molecule has 0 bridgehead atoms. The van der Waals surface area contributed by atoms with Crippen LogP contribution in [-0.2, 0) is 9.09 Å². The first-order valence-electron chi connectivity index (χ1n) is 3.97. The van der Waals surface area contributed by atoms with Crippen molar-refractivity contribution in [1.82, 2.24) is 0 Å². The molecule has 0 aliphatic carbocycles. The van der Waals surface area contributed by atoms with Gasteiger partial charge in [0, 0.05) is 12.0 Å². The third-order valence-electron chi connectivity index (χ3n) is 1.33. The van der Waals surface area contributed by atoms with Gasteiger partial charge in [-0.15, -0.1) is 0 Å². The zero-order valence-electron chi connectivity index (χ0n) is 7.91. The summed E-state index contributed by atoms with van der Waals surface area (Å²) in [6.07, 6.45) is 2.28. The van der Waals surface area contributed by atoms with Crippen molar-refractivity contribution in [1.29, 1.82) is 0 Å². The topological polar surface area (TPSA) is 26.3 Å². The number of rotatable bonds is 5. The van der Waals surface area contributed by atoms with Gasteiger partial charge >= 0.3 is 0 Å². The van der Waals surface area contributed by atoms with Crippen molar-refractivity contribution in [2.75, 3.05) is 12.8 Å². The zero-order valence-corrected chi connectivity index (χ0v) is 8.80. The Morgan fingerprint density at radius 3 is 2.50 bits per heavy atom. The van der Waals surface area contributed by atoms with Crippen molar-refractivity contribution >= 4 is 7.37 Å². The fourth-order valence-corrected chi connectivity index (χ4v) is 2.05. The van der Waals surface area contributed by atoms with Crippen LogP contribution in [0.25, 0.3) is 0 Å². The molecule has 0 aliphatic rings. The summed E-state index contributed by atoms with van der Waals surface area (Å²) in [6, 6.07) is 0. The van der Waals surface area contributed by atoms with Crippen molar-refractivity contribution in [3.8, 4) is 0 Å². The number of hydrogen-bond acceptors (Lipinski definition) is 2. The zero-order chi connectivity index (χ0) is 9.61. The number of hydrogen-bond donors (Lipinski definition) is 0. The molecular weight excluding hydrogens is 171 g/mol. The van der Waals surface area contributed by atoms with Crippen LogP contribution in [0.1, 0.15) is 20.8 Å². The maximum absolute atomic E-state index is 11.6. The van der Waals surface area contributed by atoms with Crippen LogP contribution in [0, 0.1) is 6.58 Å². The van der Waals surface area contributed by atoms with Gasteiger partial charge in [-0.05, 0) is 20.8 Å². The second kappa shape index (κ2) is 5.34. The van der Waals surface area contributed by atoms with Gasteiger partial charge in [0.1, 0.15) is 0 Å². The summed E-state index contributed by atoms with van der Waals surface area (Å²) in [4.78, 5) is 0. The van der Waals surface area contributed by atoms with E-state index < -0.39 is 7.37 Å². The highest BCUT2D eigenvalue weighted by Gasteiger charge is 2.15. The minimum Gasteiger partial charge on any atom is -0.326 e. The Bertz CT molecular complexity index is 215. The molecule has 3 heteroatoms. The Morgan fingerprint density at radius 1 is 1.58 bits per heavy atom. The lowest BCUT2D eigenvalue weighted by Crippen LogP contribution is -1.90. The van der Waals surface area contributed by atoms with Gasteiger partial charge in [-0.1, -0.05) is 18.2 Å². The summed E-state index contributed by atoms with van der Waals surface area (Å²) in [5.74, 6) is 1.18. The highest BCUT2D eigenvalue weighted by Crippen LogP contribution is 2.47. The van der Waals surface area contributed by atoms with E-state index in [1.54, 1.807) is 6.92 Å². The monoisotopic (exact) mass is 187 g/mol. The molecule has 0 saturated heterocycles. The van der Waals surface area contributed by atoms with Gasteiger partial charge in [0.05, 0.1) is 6.61 Å². The highest BCUT2D eigenvalue weighted by atomic mass is 31.2. The van der Waals surface area contributed by atoms with Gasteiger partial charge < -0.3 is 4.52 Å². The molecule has 0 aromatic rings. The standard InChI is InChI=1S/C9H16O2P/c1-5-11-12(10,6-2)8-7-9(3)4/h2,6-7H,5,8H2,1,3-4H3/t12-/m1/s1. The van der Waals surface area contributed by atoms with E-state index in [2.05, 4.69) is 0 Å². The fourth-order valence-electron chi connectivity index (χ4n) is 0.685. The Labute approximate surface area is 74.8 Å². The predicted octanol–water partition coefficient (Wildman–Crippen LogP) is 3.21. The minimum absolute atomic E-state index is 0.402. The smallest absolute Gasteiger partial charge is 0.228 e. The van der Waals surface area contributed by atoms with Crippen LogP contribution < -0.4 is 0 Å². The van der Waals surface area contributed by atoms with Gasteiger partial charge in [0.2, 0.25) is 7.37 Å². The summed E-state index contributed by atoms with van der Waals surface area (Å²) >= 11 is 0. The van der Waals surface area contributed by atoms with E-state index in [4.69, 9.17) is 11.1 Å². The molecule has 0 aromatic carbocycles. The quantitative estimate of drug-likeness (QED) is 0.488. The lowest BCUT2D eigenvalue weighted by molar-refractivity contribution is 0.342. The van der Waals surface area contributed by atoms with Gasteiger partial charge in [-0.3, -0.25) is 4.57 Å². The Balaban J connectivity index is 4.25. The molecule has 0 aromatic heterocycles. The summed E-state index contributed by atoms with van der Waals surface area (Å²) in [7, 11) is -2.68. The predicted molar refractivity (Wildman–Crippen MR) is 52.4 cm³/mol. The van der Waals surface area contributed by atoms with Gasteiger partial charge in [-0.25, -0.2) is 0 Å². The first kappa shape index (κ1) is 11.7. The molecule has 69 valence electrons. The molecule has 0 rings (SSSR count). The molecule has 0 spiro atoms. The van der Waals surface area contributed by atoms with E-state index in [0.717, 1.165) is 5.57 Å². The maximum atomic E-state index is 11.6. The molecular formula is C9H16O2P. The number of allylic oxidation sites excluding steroid dienone is 2. The first-order chi connectivity index (χ1) is 5.54. The molecule has 0 saturated carbocycles. The Hall–Kier alpha value is -0.330. The fraction of sp³-hybridized carbons (Fsp3) is 0.556. The molecule has 0 unspecified atom stereocenters. The lowest BCUT2D eigenvalue weighted by atomic mass is 10.3. The van der Waals surface area contributed by atoms with Gasteiger partial charge in [-0.2, -0.15) is 0 Å². The Morgan fingerprint density at radius 2 is 2.17 bits per heavy atom. The third kappa shape index (κ3) is 4.53. The van der Waals surface area contributed by atoms with E-state index in [1.165, 1.54) is 5.82 Å². The molecule has 0 aliphatic heterocycles. The summed E-state index contributed by atoms with van der Waals surface area (Å²) in [6.45, 7) is 11.4. The Kier molecular flexibility index (Phi) is 5.19. The first-order valence-corrected chi connectivity index (χ1v) is 5.84. The van der Waals surface area contributed by atoms with E-state index in [1.807, 2.05) is 19.9 Å². The van der Waals surface area contributed by atoms with Crippen LogP contribution in [0.5, 0.6) is 0 Å². The minimum atomic E-state index is -2.68. The molecule has 1 atom stereocenters. The molecule has 0 heterocycles. The average Bonchev–Trinajstić information content (AvgIpc) is 2.02. The maximum Gasteiger partial charge on any atom is 0.228 e.